The molecule has 2 aromatic heterocycles. The van der Waals surface area contributed by atoms with Gasteiger partial charge in [0.05, 0.1) is 41.7 Å². The Kier molecular flexibility index (Phi) is 8.81. The summed E-state index contributed by atoms with van der Waals surface area (Å²) in [6.07, 6.45) is 0.677. The van der Waals surface area contributed by atoms with Gasteiger partial charge in [-0.05, 0) is 79.4 Å². The van der Waals surface area contributed by atoms with E-state index in [0.717, 1.165) is 17.8 Å². The van der Waals surface area contributed by atoms with E-state index >= 15 is 0 Å². The Hall–Kier alpha value is -2.17. The predicted octanol–water partition coefficient (Wildman–Crippen LogP) is 5.42. The fourth-order valence-electron chi connectivity index (χ4n) is 5.54. The molecule has 202 valence electrons. The van der Waals surface area contributed by atoms with E-state index in [0.29, 0.717) is 41.3 Å². The minimum atomic E-state index is -4.09. The molecule has 6 nitrogen and oxygen atoms in total. The Morgan fingerprint density at radius 3 is 2.51 bits per heavy atom. The van der Waals surface area contributed by atoms with Crippen molar-refractivity contribution in [2.24, 2.45) is 17.8 Å². The van der Waals surface area contributed by atoms with Crippen molar-refractivity contribution < 1.29 is 22.5 Å². The van der Waals surface area contributed by atoms with E-state index in [9.17, 15) is 22.5 Å². The molecule has 2 aromatic rings. The summed E-state index contributed by atoms with van der Waals surface area (Å²) in [7, 11) is 0. The number of carbonyl (C=O) groups is 1. The average molecular weight is 537 g/mol. The molecule has 0 saturated heterocycles. The first-order valence-corrected chi connectivity index (χ1v) is 14.3. The van der Waals surface area contributed by atoms with Crippen LogP contribution < -0.4 is 5.32 Å². The highest BCUT2D eigenvalue weighted by atomic mass is 32.2. The van der Waals surface area contributed by atoms with Crippen molar-refractivity contribution in [3.8, 4) is 0 Å². The fraction of sp³-hybridized carbons (Fsp3) is 0.593. The number of pyridine rings is 2. The Labute approximate surface area is 219 Å². The summed E-state index contributed by atoms with van der Waals surface area (Å²) in [5.41, 5.74) is 3.10. The Balaban J connectivity index is 1.37. The molecule has 10 heteroatoms. The van der Waals surface area contributed by atoms with Crippen LogP contribution in [0.5, 0.6) is 0 Å². The number of carbonyl (C=O) groups excluding carboxylic acids is 1. The number of alkyl halides is 3. The van der Waals surface area contributed by atoms with Gasteiger partial charge in [-0.2, -0.15) is 13.2 Å². The first-order chi connectivity index (χ1) is 17.6. The minimum Gasteiger partial charge on any atom is -0.611 e. The van der Waals surface area contributed by atoms with Crippen molar-refractivity contribution in [3.63, 3.8) is 0 Å². The van der Waals surface area contributed by atoms with Crippen LogP contribution in [0.1, 0.15) is 79.8 Å². The zero-order valence-corrected chi connectivity index (χ0v) is 22.4. The van der Waals surface area contributed by atoms with E-state index in [1.807, 2.05) is 13.0 Å². The molecule has 0 aromatic carbocycles. The van der Waals surface area contributed by atoms with Crippen molar-refractivity contribution in [2.75, 3.05) is 12.3 Å². The average Bonchev–Trinajstić information content (AvgIpc) is 3.24. The number of halogens is 3. The maximum Gasteiger partial charge on any atom is 0.391 e. The van der Waals surface area contributed by atoms with Crippen LogP contribution in [0.3, 0.4) is 0 Å². The maximum atomic E-state index is 13.1. The van der Waals surface area contributed by atoms with Gasteiger partial charge in [-0.1, -0.05) is 13.8 Å². The lowest BCUT2D eigenvalue weighted by molar-refractivity contribution is -0.184. The van der Waals surface area contributed by atoms with Crippen LogP contribution in [0, 0.1) is 17.8 Å². The molecule has 1 saturated carbocycles. The number of rotatable bonds is 8. The minimum absolute atomic E-state index is 0.0869. The normalized spacial score (nSPS) is 23.2. The fourth-order valence-corrected chi connectivity index (χ4v) is 6.26. The van der Waals surface area contributed by atoms with E-state index in [-0.39, 0.29) is 43.2 Å². The van der Waals surface area contributed by atoms with Gasteiger partial charge in [-0.15, -0.1) is 0 Å². The van der Waals surface area contributed by atoms with Crippen LogP contribution in [0.25, 0.3) is 0 Å². The Bertz CT molecular complexity index is 1070. The molecule has 1 aliphatic carbocycles. The second-order valence-corrected chi connectivity index (χ2v) is 12.2. The third kappa shape index (κ3) is 6.64. The monoisotopic (exact) mass is 536 g/mol. The number of amides is 1. The lowest BCUT2D eigenvalue weighted by atomic mass is 9.81. The third-order valence-corrected chi connectivity index (χ3v) is 8.79. The lowest BCUT2D eigenvalue weighted by Crippen LogP contribution is -2.35. The van der Waals surface area contributed by atoms with Gasteiger partial charge in [0.15, 0.2) is 4.90 Å². The Morgan fingerprint density at radius 1 is 1.19 bits per heavy atom. The second kappa shape index (κ2) is 11.7. The van der Waals surface area contributed by atoms with E-state index in [1.165, 1.54) is 0 Å². The summed E-state index contributed by atoms with van der Waals surface area (Å²) in [6, 6.07) is 5.50. The third-order valence-electron chi connectivity index (χ3n) is 7.50. The molecular weight excluding hydrogens is 501 g/mol. The van der Waals surface area contributed by atoms with Crippen molar-refractivity contribution in [2.45, 2.75) is 76.7 Å². The summed E-state index contributed by atoms with van der Waals surface area (Å²) in [5.74, 6) is -0.362. The van der Waals surface area contributed by atoms with Gasteiger partial charge in [0.1, 0.15) is 5.75 Å². The van der Waals surface area contributed by atoms with Crippen molar-refractivity contribution in [1.82, 2.24) is 20.2 Å². The van der Waals surface area contributed by atoms with Gasteiger partial charge in [0, 0.05) is 19.3 Å². The number of hydrogen-bond acceptors (Lipinski definition) is 5. The van der Waals surface area contributed by atoms with E-state index in [1.54, 1.807) is 24.5 Å². The van der Waals surface area contributed by atoms with Crippen LogP contribution in [0.4, 0.5) is 13.2 Å². The molecule has 2 atom stereocenters. The van der Waals surface area contributed by atoms with Crippen LogP contribution >= 0.6 is 0 Å². The molecule has 0 bridgehead atoms. The topological polar surface area (TPSA) is 81.2 Å². The van der Waals surface area contributed by atoms with Crippen LogP contribution in [-0.4, -0.2) is 43.8 Å². The number of hydrogen-bond donors (Lipinski definition) is 1. The highest BCUT2D eigenvalue weighted by Crippen LogP contribution is 2.43. The highest BCUT2D eigenvalue weighted by molar-refractivity contribution is 7.91. The summed E-state index contributed by atoms with van der Waals surface area (Å²) in [6.45, 7) is 7.74. The first kappa shape index (κ1) is 27.9. The molecule has 1 aliphatic heterocycles. The number of nitrogens with one attached hydrogen (secondary N) is 1. The zero-order chi connectivity index (χ0) is 26.7. The van der Waals surface area contributed by atoms with Gasteiger partial charge < -0.3 is 9.87 Å². The predicted molar refractivity (Wildman–Crippen MR) is 136 cm³/mol. The summed E-state index contributed by atoms with van der Waals surface area (Å²) >= 11 is -1.07. The second-order valence-electron chi connectivity index (χ2n) is 10.4. The first-order valence-electron chi connectivity index (χ1n) is 13.0. The lowest BCUT2D eigenvalue weighted by Gasteiger charge is -2.35. The molecule has 1 unspecified atom stereocenters. The summed E-state index contributed by atoms with van der Waals surface area (Å²) in [4.78, 5) is 24.8. The largest absolute Gasteiger partial charge is 0.611 e. The van der Waals surface area contributed by atoms with Crippen molar-refractivity contribution in [3.05, 3.63) is 53.1 Å². The number of nitrogens with zero attached hydrogens (tertiary/aromatic N) is 3. The summed E-state index contributed by atoms with van der Waals surface area (Å²) in [5, 5.41) is 2.87. The molecule has 0 radical (unpaired) electrons. The van der Waals surface area contributed by atoms with Gasteiger partial charge in [0.25, 0.3) is 5.91 Å². The van der Waals surface area contributed by atoms with Crippen LogP contribution in [0.2, 0.25) is 0 Å². The zero-order valence-electron chi connectivity index (χ0n) is 21.6. The van der Waals surface area contributed by atoms with E-state index in [2.05, 4.69) is 34.0 Å². The molecule has 37 heavy (non-hydrogen) atoms. The number of aromatic nitrogens is 2. The van der Waals surface area contributed by atoms with Crippen molar-refractivity contribution in [1.29, 1.82) is 0 Å². The van der Waals surface area contributed by atoms with Gasteiger partial charge in [-0.25, -0.2) is 0 Å². The quantitative estimate of drug-likeness (QED) is 0.456. The van der Waals surface area contributed by atoms with Crippen LogP contribution in [-0.2, 0) is 24.3 Å². The van der Waals surface area contributed by atoms with Gasteiger partial charge in [-0.3, -0.25) is 19.7 Å². The van der Waals surface area contributed by atoms with E-state index < -0.39 is 23.3 Å². The molecule has 1 amide bonds. The molecule has 1 N–H and O–H groups in total. The Morgan fingerprint density at radius 2 is 1.92 bits per heavy atom. The molecule has 2 aliphatic rings. The molecule has 1 fully saturated rings. The van der Waals surface area contributed by atoms with Gasteiger partial charge in [0.2, 0.25) is 0 Å². The molecule has 4 rings (SSSR count). The van der Waals surface area contributed by atoms with Crippen LogP contribution in [0.15, 0.2) is 35.5 Å². The molecule has 0 spiro atoms. The highest BCUT2D eigenvalue weighted by Gasteiger charge is 2.42. The van der Waals surface area contributed by atoms with E-state index in [4.69, 9.17) is 0 Å². The molecular formula is C27H35F3N4O2S. The van der Waals surface area contributed by atoms with Crippen molar-refractivity contribution >= 4 is 17.1 Å². The SMILES string of the molecule is CC[S+]([O-])c1ccc(CNC(=O)c2cnc3c(c2)CN(C[C@H]2CC[C@H](C(F)(F)F)CC2)[C@@H]3C(C)C)nc1. The maximum absolute atomic E-state index is 13.1. The molecule has 3 heterocycles. The summed E-state index contributed by atoms with van der Waals surface area (Å²) < 4.78 is 51.1. The smallest absolute Gasteiger partial charge is 0.391 e. The number of fused-ring (bicyclic) bond motifs is 1. The van der Waals surface area contributed by atoms with Gasteiger partial charge >= 0.3 is 6.18 Å². The standard InChI is InChI=1S/C27H35F3N4O2S/c1-4-37(36)23-10-9-22(31-14-23)13-33-26(35)19-11-20-16-34(25(17(2)3)24(20)32-12-19)15-18-5-7-21(8-6-18)27(28,29)30/h9-12,14,17-18,21,25H,4-8,13,15-16H2,1-3H3,(H,33,35)/t18-,21-,25-,37?/m1/s1.